The molecule has 5 heteroatoms. The highest BCUT2D eigenvalue weighted by molar-refractivity contribution is 5.94. The third-order valence-corrected chi connectivity index (χ3v) is 3.76. The number of nitrogens with one attached hydrogen (secondary N) is 1. The lowest BCUT2D eigenvalue weighted by Gasteiger charge is -2.06. The van der Waals surface area contributed by atoms with Crippen LogP contribution in [0.4, 0.5) is 5.69 Å². The Bertz CT molecular complexity index is 891. The summed E-state index contributed by atoms with van der Waals surface area (Å²) in [6.07, 6.45) is 0.326. The second-order valence-electron chi connectivity index (χ2n) is 5.31. The van der Waals surface area contributed by atoms with E-state index in [1.165, 1.54) is 0 Å². The SMILES string of the molecule is Cn1c(=O)n(C)c2cc(NC(=O)Cc3ccccc3)ccc21. The van der Waals surface area contributed by atoms with Gasteiger partial charge in [-0.3, -0.25) is 13.9 Å². The molecule has 0 unspecified atom stereocenters. The number of anilines is 1. The Labute approximate surface area is 127 Å². The molecule has 112 valence electrons. The molecular weight excluding hydrogens is 278 g/mol. The summed E-state index contributed by atoms with van der Waals surface area (Å²) < 4.78 is 3.16. The fourth-order valence-electron chi connectivity index (χ4n) is 2.57. The predicted octanol–water partition coefficient (Wildman–Crippen LogP) is 2.06. The summed E-state index contributed by atoms with van der Waals surface area (Å²) in [5.74, 6) is -0.0773. The van der Waals surface area contributed by atoms with Crippen molar-refractivity contribution in [1.29, 1.82) is 0 Å². The van der Waals surface area contributed by atoms with E-state index in [0.717, 1.165) is 16.6 Å². The van der Waals surface area contributed by atoms with Gasteiger partial charge in [-0.25, -0.2) is 4.79 Å². The van der Waals surface area contributed by atoms with Crippen LogP contribution < -0.4 is 11.0 Å². The van der Waals surface area contributed by atoms with Gasteiger partial charge < -0.3 is 5.32 Å². The highest BCUT2D eigenvalue weighted by atomic mass is 16.2. The first-order valence-corrected chi connectivity index (χ1v) is 7.05. The van der Waals surface area contributed by atoms with Crippen LogP contribution in [0, 0.1) is 0 Å². The van der Waals surface area contributed by atoms with Crippen molar-refractivity contribution < 1.29 is 4.79 Å². The smallest absolute Gasteiger partial charge is 0.326 e. The van der Waals surface area contributed by atoms with Gasteiger partial charge in [0, 0.05) is 19.8 Å². The Balaban J connectivity index is 1.84. The predicted molar refractivity (Wildman–Crippen MR) is 86.9 cm³/mol. The first-order valence-electron chi connectivity index (χ1n) is 7.05. The molecule has 1 N–H and O–H groups in total. The van der Waals surface area contributed by atoms with E-state index in [2.05, 4.69) is 5.32 Å². The van der Waals surface area contributed by atoms with E-state index in [1.54, 1.807) is 23.2 Å². The number of benzene rings is 2. The van der Waals surface area contributed by atoms with Gasteiger partial charge in [-0.1, -0.05) is 30.3 Å². The molecule has 1 heterocycles. The van der Waals surface area contributed by atoms with Crippen molar-refractivity contribution in [2.24, 2.45) is 14.1 Å². The molecule has 0 aliphatic rings. The van der Waals surface area contributed by atoms with Crippen LogP contribution in [0.1, 0.15) is 5.56 Å². The van der Waals surface area contributed by atoms with Crippen molar-refractivity contribution in [2.45, 2.75) is 6.42 Å². The van der Waals surface area contributed by atoms with Gasteiger partial charge in [-0.15, -0.1) is 0 Å². The number of nitrogens with zero attached hydrogens (tertiary/aromatic N) is 2. The van der Waals surface area contributed by atoms with Crippen LogP contribution in [0.2, 0.25) is 0 Å². The van der Waals surface area contributed by atoms with Crippen molar-refractivity contribution in [3.05, 3.63) is 64.6 Å². The van der Waals surface area contributed by atoms with Gasteiger partial charge in [0.2, 0.25) is 5.91 Å². The minimum atomic E-state index is -0.0808. The summed E-state index contributed by atoms with van der Waals surface area (Å²) in [7, 11) is 3.46. The van der Waals surface area contributed by atoms with Gasteiger partial charge in [-0.05, 0) is 23.8 Å². The Morgan fingerprint density at radius 3 is 2.41 bits per heavy atom. The van der Waals surface area contributed by atoms with E-state index in [9.17, 15) is 9.59 Å². The van der Waals surface area contributed by atoms with Crippen LogP contribution in [0.3, 0.4) is 0 Å². The molecule has 0 bridgehead atoms. The molecule has 5 nitrogen and oxygen atoms in total. The van der Waals surface area contributed by atoms with Crippen molar-refractivity contribution in [2.75, 3.05) is 5.32 Å². The molecule has 22 heavy (non-hydrogen) atoms. The highest BCUT2D eigenvalue weighted by Crippen LogP contribution is 2.17. The van der Waals surface area contributed by atoms with E-state index >= 15 is 0 Å². The molecule has 3 rings (SSSR count). The standard InChI is InChI=1S/C17H17N3O2/c1-19-14-9-8-13(11-15(14)20(2)17(19)22)18-16(21)10-12-6-4-3-5-7-12/h3-9,11H,10H2,1-2H3,(H,18,21). The Hall–Kier alpha value is -2.82. The maximum atomic E-state index is 12.1. The maximum absolute atomic E-state index is 12.1. The van der Waals surface area contributed by atoms with Gasteiger partial charge in [0.1, 0.15) is 0 Å². The van der Waals surface area contributed by atoms with E-state index < -0.39 is 0 Å². The number of imidazole rings is 1. The highest BCUT2D eigenvalue weighted by Gasteiger charge is 2.09. The minimum Gasteiger partial charge on any atom is -0.326 e. The summed E-state index contributed by atoms with van der Waals surface area (Å²) in [5, 5.41) is 2.87. The van der Waals surface area contributed by atoms with E-state index in [-0.39, 0.29) is 11.6 Å². The van der Waals surface area contributed by atoms with Gasteiger partial charge in [-0.2, -0.15) is 0 Å². The number of hydrogen-bond acceptors (Lipinski definition) is 2. The lowest BCUT2D eigenvalue weighted by Crippen LogP contribution is -2.19. The van der Waals surface area contributed by atoms with Crippen molar-refractivity contribution in [3.8, 4) is 0 Å². The minimum absolute atomic E-state index is 0.0773. The Kier molecular flexibility index (Phi) is 3.55. The number of fused-ring (bicyclic) bond motifs is 1. The average Bonchev–Trinajstić information content (AvgIpc) is 2.73. The quantitative estimate of drug-likeness (QED) is 0.804. The second-order valence-corrected chi connectivity index (χ2v) is 5.31. The number of hydrogen-bond donors (Lipinski definition) is 1. The van der Waals surface area contributed by atoms with E-state index in [4.69, 9.17) is 0 Å². The van der Waals surface area contributed by atoms with Gasteiger partial charge in [0.05, 0.1) is 17.5 Å². The fourth-order valence-corrected chi connectivity index (χ4v) is 2.57. The molecule has 0 aliphatic carbocycles. The molecule has 0 aliphatic heterocycles. The second kappa shape index (κ2) is 5.52. The zero-order valence-electron chi connectivity index (χ0n) is 12.5. The molecule has 0 atom stereocenters. The maximum Gasteiger partial charge on any atom is 0.328 e. The molecular formula is C17H17N3O2. The van der Waals surface area contributed by atoms with Crippen LogP contribution in [0.15, 0.2) is 53.3 Å². The largest absolute Gasteiger partial charge is 0.328 e. The zero-order valence-corrected chi connectivity index (χ0v) is 12.5. The number of aryl methyl sites for hydroxylation is 2. The van der Waals surface area contributed by atoms with Crippen LogP contribution in [0.5, 0.6) is 0 Å². The molecule has 0 radical (unpaired) electrons. The lowest BCUT2D eigenvalue weighted by molar-refractivity contribution is -0.115. The molecule has 0 fully saturated rings. The molecule has 0 spiro atoms. The van der Waals surface area contributed by atoms with Crippen LogP contribution in [0.25, 0.3) is 11.0 Å². The lowest BCUT2D eigenvalue weighted by atomic mass is 10.1. The monoisotopic (exact) mass is 295 g/mol. The number of rotatable bonds is 3. The third-order valence-electron chi connectivity index (χ3n) is 3.76. The summed E-state index contributed by atoms with van der Waals surface area (Å²) in [6.45, 7) is 0. The zero-order chi connectivity index (χ0) is 15.7. The molecule has 3 aromatic rings. The Morgan fingerprint density at radius 1 is 1.00 bits per heavy atom. The first kappa shape index (κ1) is 14.1. The summed E-state index contributed by atoms with van der Waals surface area (Å²) in [5.41, 5.74) is 3.21. The fraction of sp³-hybridized carbons (Fsp3) is 0.176. The summed E-state index contributed by atoms with van der Waals surface area (Å²) >= 11 is 0. The third kappa shape index (κ3) is 2.53. The topological polar surface area (TPSA) is 56.0 Å². The van der Waals surface area contributed by atoms with E-state index in [1.807, 2.05) is 48.5 Å². The van der Waals surface area contributed by atoms with Crippen molar-refractivity contribution in [1.82, 2.24) is 9.13 Å². The van der Waals surface area contributed by atoms with Crippen molar-refractivity contribution in [3.63, 3.8) is 0 Å². The molecule has 0 saturated carbocycles. The number of aromatic nitrogens is 2. The van der Waals surface area contributed by atoms with Gasteiger partial charge in [0.25, 0.3) is 0 Å². The number of carbonyl (C=O) groups excluding carboxylic acids is 1. The van der Waals surface area contributed by atoms with Crippen LogP contribution >= 0.6 is 0 Å². The van der Waals surface area contributed by atoms with Crippen molar-refractivity contribution >= 4 is 22.6 Å². The molecule has 2 aromatic carbocycles. The normalized spacial score (nSPS) is 10.8. The van der Waals surface area contributed by atoms with Gasteiger partial charge in [0.15, 0.2) is 0 Å². The molecule has 0 saturated heterocycles. The Morgan fingerprint density at radius 2 is 1.68 bits per heavy atom. The van der Waals surface area contributed by atoms with Crippen LogP contribution in [-0.2, 0) is 25.3 Å². The number of amides is 1. The first-order chi connectivity index (χ1) is 10.6. The van der Waals surface area contributed by atoms with Gasteiger partial charge >= 0.3 is 5.69 Å². The summed E-state index contributed by atoms with van der Waals surface area (Å²) in [6, 6.07) is 15.1. The average molecular weight is 295 g/mol. The van der Waals surface area contributed by atoms with Crippen LogP contribution in [-0.4, -0.2) is 15.0 Å². The van der Waals surface area contributed by atoms with E-state index in [0.29, 0.717) is 12.1 Å². The summed E-state index contributed by atoms with van der Waals surface area (Å²) in [4.78, 5) is 24.0. The molecule has 1 aromatic heterocycles. The number of carbonyl (C=O) groups is 1. The molecule has 1 amide bonds.